The Kier molecular flexibility index (Phi) is 2.26. The van der Waals surface area contributed by atoms with Crippen LogP contribution in [0.1, 0.15) is 30.4 Å². The van der Waals surface area contributed by atoms with Gasteiger partial charge in [0, 0.05) is 17.6 Å². The van der Waals surface area contributed by atoms with Gasteiger partial charge in [-0.3, -0.25) is 0 Å². The van der Waals surface area contributed by atoms with Crippen LogP contribution in [0.3, 0.4) is 0 Å². The molecule has 2 aliphatic carbocycles. The number of phenols is 1. The molecule has 1 spiro atoms. The zero-order chi connectivity index (χ0) is 15.3. The molecule has 118 valence electrons. The van der Waals surface area contributed by atoms with Crippen LogP contribution in [-0.4, -0.2) is 52.5 Å². The molecule has 5 nitrogen and oxygen atoms in total. The molecule has 2 heterocycles. The first-order chi connectivity index (χ1) is 10.5. The standard InChI is InChI=1S/C17H22N2O3/c1-19-7-6-16-13-9-2-3-11(20)14(13)22-15(16)10(18)4-5-17(16,21)12(19)8-9/h2-3,10,12,15,20-21H,4-8,18H2,1H3/t10-,12?,15-,16-,17+/m0/s1. The Balaban J connectivity index is 1.86. The lowest BCUT2D eigenvalue weighted by Gasteiger charge is -2.63. The quantitative estimate of drug-likeness (QED) is 0.650. The number of likely N-dealkylation sites (tertiary alicyclic amines) is 1. The highest BCUT2D eigenvalue weighted by Gasteiger charge is 2.72. The molecule has 1 aromatic carbocycles. The number of nitrogens with two attached hydrogens (primary N) is 1. The third-order valence-electron chi connectivity index (χ3n) is 6.78. The Labute approximate surface area is 129 Å². The molecule has 1 saturated carbocycles. The SMILES string of the molecule is CN1CC[C@]23c4c5ccc(O)c4O[C@H]2[C@@H](N)CC[C@@]3(O)C1C5. The zero-order valence-electron chi connectivity index (χ0n) is 12.7. The number of ether oxygens (including phenoxy) is 1. The van der Waals surface area contributed by atoms with Crippen LogP contribution in [0.15, 0.2) is 12.1 Å². The van der Waals surface area contributed by atoms with Crippen molar-refractivity contribution in [2.75, 3.05) is 13.6 Å². The fourth-order valence-corrected chi connectivity index (χ4v) is 5.79. The van der Waals surface area contributed by atoms with Crippen molar-refractivity contribution in [2.45, 2.75) is 54.9 Å². The summed E-state index contributed by atoms with van der Waals surface area (Å²) in [7, 11) is 2.10. The van der Waals surface area contributed by atoms with E-state index in [1.54, 1.807) is 6.07 Å². The lowest BCUT2D eigenvalue weighted by Crippen LogP contribution is -2.77. The van der Waals surface area contributed by atoms with Gasteiger partial charge in [0.15, 0.2) is 11.5 Å². The summed E-state index contributed by atoms with van der Waals surface area (Å²) in [5, 5.41) is 22.0. The summed E-state index contributed by atoms with van der Waals surface area (Å²) >= 11 is 0. The second-order valence-corrected chi connectivity index (χ2v) is 7.54. The highest BCUT2D eigenvalue weighted by molar-refractivity contribution is 5.62. The Morgan fingerprint density at radius 2 is 2.18 bits per heavy atom. The van der Waals surface area contributed by atoms with Crippen molar-refractivity contribution in [3.63, 3.8) is 0 Å². The molecule has 5 heteroatoms. The van der Waals surface area contributed by atoms with Crippen molar-refractivity contribution in [3.8, 4) is 11.5 Å². The fraction of sp³-hybridized carbons (Fsp3) is 0.647. The maximum Gasteiger partial charge on any atom is 0.165 e. The fourth-order valence-electron chi connectivity index (χ4n) is 5.79. The van der Waals surface area contributed by atoms with Gasteiger partial charge in [-0.25, -0.2) is 0 Å². The van der Waals surface area contributed by atoms with Crippen molar-refractivity contribution in [2.24, 2.45) is 5.73 Å². The number of hydrogen-bond acceptors (Lipinski definition) is 5. The summed E-state index contributed by atoms with van der Waals surface area (Å²) in [6, 6.07) is 3.71. The van der Waals surface area contributed by atoms with Gasteiger partial charge < -0.3 is 25.6 Å². The number of benzene rings is 1. The third-order valence-corrected chi connectivity index (χ3v) is 6.78. The predicted octanol–water partition coefficient (Wildman–Crippen LogP) is 0.503. The number of nitrogens with zero attached hydrogens (tertiary/aromatic N) is 1. The van der Waals surface area contributed by atoms with E-state index in [0.717, 1.165) is 31.4 Å². The van der Waals surface area contributed by atoms with Crippen LogP contribution >= 0.6 is 0 Å². The van der Waals surface area contributed by atoms with Gasteiger partial charge in [0.05, 0.1) is 11.0 Å². The smallest absolute Gasteiger partial charge is 0.165 e. The Morgan fingerprint density at radius 3 is 3.00 bits per heavy atom. The van der Waals surface area contributed by atoms with E-state index in [-0.39, 0.29) is 23.9 Å². The first-order valence-corrected chi connectivity index (χ1v) is 8.19. The molecule has 1 saturated heterocycles. The monoisotopic (exact) mass is 302 g/mol. The van der Waals surface area contributed by atoms with E-state index in [1.165, 1.54) is 5.56 Å². The molecule has 2 aliphatic heterocycles. The topological polar surface area (TPSA) is 79.0 Å². The van der Waals surface area contributed by atoms with Crippen molar-refractivity contribution in [1.82, 2.24) is 4.90 Å². The van der Waals surface area contributed by atoms with Crippen LogP contribution in [0.4, 0.5) is 0 Å². The van der Waals surface area contributed by atoms with Crippen molar-refractivity contribution < 1.29 is 14.9 Å². The predicted molar refractivity (Wildman–Crippen MR) is 81.1 cm³/mol. The summed E-state index contributed by atoms with van der Waals surface area (Å²) in [5.74, 6) is 0.746. The molecule has 2 fully saturated rings. The number of phenolic OH excluding ortho intramolecular Hbond substituents is 1. The van der Waals surface area contributed by atoms with E-state index in [2.05, 4.69) is 11.9 Å². The summed E-state index contributed by atoms with van der Waals surface area (Å²) in [5.41, 5.74) is 7.35. The number of piperidine rings is 1. The maximum absolute atomic E-state index is 11.7. The van der Waals surface area contributed by atoms with E-state index in [0.29, 0.717) is 12.2 Å². The van der Waals surface area contributed by atoms with Gasteiger partial charge in [0.2, 0.25) is 0 Å². The van der Waals surface area contributed by atoms with Crippen LogP contribution in [-0.2, 0) is 11.8 Å². The molecule has 22 heavy (non-hydrogen) atoms. The highest BCUT2D eigenvalue weighted by Crippen LogP contribution is 2.64. The number of aliphatic hydroxyl groups is 1. The van der Waals surface area contributed by atoms with Crippen LogP contribution in [0, 0.1) is 0 Å². The van der Waals surface area contributed by atoms with Gasteiger partial charge in [0.25, 0.3) is 0 Å². The Morgan fingerprint density at radius 1 is 1.36 bits per heavy atom. The Hall–Kier alpha value is -1.30. The van der Waals surface area contributed by atoms with Gasteiger partial charge in [-0.05, 0) is 50.9 Å². The average Bonchev–Trinajstić information content (AvgIpc) is 2.85. The van der Waals surface area contributed by atoms with Crippen LogP contribution in [0.25, 0.3) is 0 Å². The zero-order valence-corrected chi connectivity index (χ0v) is 12.7. The van der Waals surface area contributed by atoms with Crippen molar-refractivity contribution in [3.05, 3.63) is 23.3 Å². The summed E-state index contributed by atoms with van der Waals surface area (Å²) < 4.78 is 6.17. The van der Waals surface area contributed by atoms with E-state index in [9.17, 15) is 10.2 Å². The Bertz CT molecular complexity index is 678. The van der Waals surface area contributed by atoms with Crippen molar-refractivity contribution in [1.29, 1.82) is 0 Å². The molecular formula is C17H22N2O3. The summed E-state index contributed by atoms with van der Waals surface area (Å²) in [6.07, 6.45) is 2.88. The normalized spacial score (nSPS) is 45.3. The van der Waals surface area contributed by atoms with Gasteiger partial charge in [0.1, 0.15) is 6.10 Å². The molecular weight excluding hydrogens is 280 g/mol. The number of rotatable bonds is 0. The molecule has 4 N–H and O–H groups in total. The summed E-state index contributed by atoms with van der Waals surface area (Å²) in [6.45, 7) is 0.925. The van der Waals surface area contributed by atoms with E-state index >= 15 is 0 Å². The number of likely N-dealkylation sites (N-methyl/N-ethyl adjacent to an activating group) is 1. The molecule has 1 unspecified atom stereocenters. The van der Waals surface area contributed by atoms with Crippen LogP contribution < -0.4 is 10.5 Å². The van der Waals surface area contributed by atoms with Gasteiger partial charge >= 0.3 is 0 Å². The van der Waals surface area contributed by atoms with E-state index in [4.69, 9.17) is 10.5 Å². The lowest BCUT2D eigenvalue weighted by molar-refractivity contribution is -0.184. The molecule has 0 aromatic heterocycles. The van der Waals surface area contributed by atoms with E-state index in [1.807, 2.05) is 6.07 Å². The summed E-state index contributed by atoms with van der Waals surface area (Å²) in [4.78, 5) is 2.28. The number of aromatic hydroxyl groups is 1. The lowest BCUT2D eigenvalue weighted by atomic mass is 9.48. The average molecular weight is 302 g/mol. The van der Waals surface area contributed by atoms with Gasteiger partial charge in [-0.15, -0.1) is 0 Å². The minimum atomic E-state index is -0.813. The highest BCUT2D eigenvalue weighted by atomic mass is 16.5. The van der Waals surface area contributed by atoms with E-state index < -0.39 is 11.0 Å². The first-order valence-electron chi connectivity index (χ1n) is 8.19. The van der Waals surface area contributed by atoms with Gasteiger partial charge in [-0.2, -0.15) is 0 Å². The second kappa shape index (κ2) is 3.78. The minimum Gasteiger partial charge on any atom is -0.504 e. The molecule has 1 aromatic rings. The molecule has 0 radical (unpaired) electrons. The molecule has 4 aliphatic rings. The molecule has 2 bridgehead atoms. The molecule has 0 amide bonds. The van der Waals surface area contributed by atoms with Gasteiger partial charge in [-0.1, -0.05) is 6.07 Å². The molecule has 5 rings (SSSR count). The van der Waals surface area contributed by atoms with Crippen LogP contribution in [0.2, 0.25) is 0 Å². The first kappa shape index (κ1) is 13.2. The number of hydrogen-bond donors (Lipinski definition) is 3. The maximum atomic E-state index is 11.7. The second-order valence-electron chi connectivity index (χ2n) is 7.54. The van der Waals surface area contributed by atoms with Crippen LogP contribution in [0.5, 0.6) is 11.5 Å². The molecule has 5 atom stereocenters. The minimum absolute atomic E-state index is 0.0953. The third kappa shape index (κ3) is 1.17. The largest absolute Gasteiger partial charge is 0.504 e. The van der Waals surface area contributed by atoms with Crippen molar-refractivity contribution >= 4 is 0 Å².